The van der Waals surface area contributed by atoms with Crippen LogP contribution in [0.25, 0.3) is 21.8 Å². The molecule has 0 saturated carbocycles. The number of hydrogen-bond acceptors (Lipinski definition) is 4. The summed E-state index contributed by atoms with van der Waals surface area (Å²) >= 11 is 0. The van der Waals surface area contributed by atoms with Crippen LogP contribution >= 0.6 is 0 Å². The number of anilines is 1. The number of carbonyl (C=O) groups is 1. The number of carbonyl (C=O) groups excluding carboxylic acids is 1. The lowest BCUT2D eigenvalue weighted by Gasteiger charge is -2.11. The van der Waals surface area contributed by atoms with Crippen molar-refractivity contribution in [2.45, 2.75) is 18.4 Å². The molecule has 29 heavy (non-hydrogen) atoms. The fourth-order valence-electron chi connectivity index (χ4n) is 3.65. The van der Waals surface area contributed by atoms with Gasteiger partial charge in [0.05, 0.1) is 12.7 Å². The van der Waals surface area contributed by atoms with Gasteiger partial charge in [0.1, 0.15) is 4.90 Å². The quantitative estimate of drug-likeness (QED) is 0.497. The van der Waals surface area contributed by atoms with Crippen LogP contribution in [0.2, 0.25) is 0 Å². The number of aryl methyl sites for hydroxylation is 1. The van der Waals surface area contributed by atoms with Gasteiger partial charge < -0.3 is 9.30 Å². The van der Waals surface area contributed by atoms with E-state index in [-0.39, 0.29) is 10.5 Å². The van der Waals surface area contributed by atoms with E-state index in [2.05, 4.69) is 22.3 Å². The van der Waals surface area contributed by atoms with E-state index in [9.17, 15) is 13.2 Å². The van der Waals surface area contributed by atoms with Crippen molar-refractivity contribution < 1.29 is 17.9 Å². The molecule has 0 aliphatic carbocycles. The number of esters is 1. The molecule has 0 radical (unpaired) electrons. The fraction of sp³-hybridized carbons (Fsp3) is 0.136. The Kier molecular flexibility index (Phi) is 4.76. The number of rotatable bonds is 5. The summed E-state index contributed by atoms with van der Waals surface area (Å²) in [4.78, 5) is 11.9. The van der Waals surface area contributed by atoms with Crippen molar-refractivity contribution in [1.29, 1.82) is 0 Å². The number of fused-ring (bicyclic) bond motifs is 3. The van der Waals surface area contributed by atoms with E-state index in [4.69, 9.17) is 4.74 Å². The summed E-state index contributed by atoms with van der Waals surface area (Å²) in [5.74, 6) is -0.701. The molecule has 0 aliphatic rings. The van der Waals surface area contributed by atoms with Crippen molar-refractivity contribution in [3.8, 4) is 0 Å². The number of benzene rings is 3. The van der Waals surface area contributed by atoms with Gasteiger partial charge in [0, 0.05) is 34.0 Å². The number of nitrogens with one attached hydrogen (secondary N) is 1. The van der Waals surface area contributed by atoms with Gasteiger partial charge in [0.15, 0.2) is 0 Å². The van der Waals surface area contributed by atoms with Crippen molar-refractivity contribution in [3.05, 3.63) is 72.3 Å². The predicted molar refractivity (Wildman–Crippen MR) is 114 cm³/mol. The molecule has 0 aliphatic heterocycles. The number of hydrogen-bond donors (Lipinski definition) is 1. The molecule has 0 unspecified atom stereocenters. The lowest BCUT2D eigenvalue weighted by molar-refractivity contribution is 0.0596. The van der Waals surface area contributed by atoms with Gasteiger partial charge in [-0.15, -0.1) is 0 Å². The Labute approximate surface area is 168 Å². The lowest BCUT2D eigenvalue weighted by Crippen LogP contribution is -2.17. The zero-order valence-corrected chi connectivity index (χ0v) is 16.9. The molecule has 0 bridgehead atoms. The van der Waals surface area contributed by atoms with Crippen LogP contribution in [0.5, 0.6) is 0 Å². The van der Waals surface area contributed by atoms with Crippen LogP contribution in [-0.4, -0.2) is 26.1 Å². The van der Waals surface area contributed by atoms with Crippen LogP contribution in [0.3, 0.4) is 0 Å². The van der Waals surface area contributed by atoms with Crippen molar-refractivity contribution in [2.75, 3.05) is 11.8 Å². The Morgan fingerprint density at radius 3 is 2.41 bits per heavy atom. The topological polar surface area (TPSA) is 77.4 Å². The molecule has 148 valence electrons. The van der Waals surface area contributed by atoms with E-state index in [1.807, 2.05) is 30.3 Å². The number of ether oxygens (including phenoxy) is 1. The van der Waals surface area contributed by atoms with Crippen molar-refractivity contribution in [2.24, 2.45) is 0 Å². The maximum absolute atomic E-state index is 13.0. The summed E-state index contributed by atoms with van der Waals surface area (Å²) in [6, 6.07) is 19.5. The maximum Gasteiger partial charge on any atom is 0.339 e. The summed E-state index contributed by atoms with van der Waals surface area (Å²) < 4.78 is 35.5. The molecule has 7 heteroatoms. The smallest absolute Gasteiger partial charge is 0.339 e. The van der Waals surface area contributed by atoms with Crippen molar-refractivity contribution >= 4 is 43.5 Å². The third-order valence-corrected chi connectivity index (χ3v) is 6.36. The first-order valence-corrected chi connectivity index (χ1v) is 10.7. The van der Waals surface area contributed by atoms with E-state index in [0.717, 1.165) is 28.4 Å². The van der Waals surface area contributed by atoms with Crippen LogP contribution < -0.4 is 4.72 Å². The van der Waals surface area contributed by atoms with Crippen molar-refractivity contribution in [3.63, 3.8) is 0 Å². The van der Waals surface area contributed by atoms with Gasteiger partial charge in [0.2, 0.25) is 0 Å². The highest BCUT2D eigenvalue weighted by Gasteiger charge is 2.23. The van der Waals surface area contributed by atoms with Gasteiger partial charge >= 0.3 is 5.97 Å². The minimum Gasteiger partial charge on any atom is -0.465 e. The molecule has 0 amide bonds. The molecule has 3 aromatic carbocycles. The third-order valence-electron chi connectivity index (χ3n) is 4.92. The van der Waals surface area contributed by atoms with Crippen LogP contribution in [0.15, 0.2) is 71.6 Å². The number of nitrogens with zero attached hydrogens (tertiary/aromatic N) is 1. The lowest BCUT2D eigenvalue weighted by atomic mass is 10.1. The Balaban J connectivity index is 1.81. The number of para-hydroxylation sites is 1. The van der Waals surface area contributed by atoms with Gasteiger partial charge in [-0.3, -0.25) is 4.72 Å². The Morgan fingerprint density at radius 1 is 0.966 bits per heavy atom. The minimum absolute atomic E-state index is 0.00818. The van der Waals surface area contributed by atoms with E-state index in [0.29, 0.717) is 5.69 Å². The molecule has 0 spiro atoms. The molecule has 6 nitrogen and oxygen atoms in total. The highest BCUT2D eigenvalue weighted by atomic mass is 32.2. The largest absolute Gasteiger partial charge is 0.465 e. The zero-order valence-electron chi connectivity index (χ0n) is 16.0. The summed E-state index contributed by atoms with van der Waals surface area (Å²) in [6.07, 6.45) is 0. The van der Waals surface area contributed by atoms with Gasteiger partial charge in [-0.2, -0.15) is 0 Å². The molecular weight excluding hydrogens is 388 g/mol. The van der Waals surface area contributed by atoms with Crippen LogP contribution in [0, 0.1) is 0 Å². The first-order valence-electron chi connectivity index (χ1n) is 9.17. The fourth-order valence-corrected chi connectivity index (χ4v) is 4.89. The van der Waals surface area contributed by atoms with Crippen LogP contribution in [0.1, 0.15) is 17.3 Å². The monoisotopic (exact) mass is 408 g/mol. The van der Waals surface area contributed by atoms with E-state index in [1.54, 1.807) is 18.2 Å². The summed E-state index contributed by atoms with van der Waals surface area (Å²) in [7, 11) is -2.76. The number of aromatic nitrogens is 1. The molecule has 1 aromatic heterocycles. The van der Waals surface area contributed by atoms with E-state index >= 15 is 0 Å². The summed E-state index contributed by atoms with van der Waals surface area (Å²) in [5, 5.41) is 2.02. The highest BCUT2D eigenvalue weighted by molar-refractivity contribution is 7.92. The second kappa shape index (κ2) is 7.25. The molecule has 0 atom stereocenters. The Bertz CT molecular complexity index is 1340. The Hall–Kier alpha value is -3.32. The SMILES string of the molecule is CCn1c2ccccc2c2cc(NS(=O)(=O)c3ccccc3C(=O)OC)ccc21. The minimum atomic E-state index is -3.98. The molecule has 1 N–H and O–H groups in total. The van der Waals surface area contributed by atoms with Crippen LogP contribution in [-0.2, 0) is 21.3 Å². The standard InChI is InChI=1S/C22H20N2O4S/c1-3-24-19-10-6-4-8-16(19)18-14-15(12-13-20(18)24)23-29(26,27)21-11-7-5-9-17(21)22(25)28-2/h4-14,23H,3H2,1-2H3. The summed E-state index contributed by atoms with van der Waals surface area (Å²) in [6.45, 7) is 2.88. The van der Waals surface area contributed by atoms with Gasteiger partial charge in [-0.05, 0) is 43.3 Å². The normalized spacial score (nSPS) is 11.7. The van der Waals surface area contributed by atoms with E-state index in [1.165, 1.54) is 19.2 Å². The molecule has 4 aromatic rings. The zero-order chi connectivity index (χ0) is 20.6. The van der Waals surface area contributed by atoms with Gasteiger partial charge in [-0.25, -0.2) is 13.2 Å². The molecule has 0 fully saturated rings. The number of sulfonamides is 1. The van der Waals surface area contributed by atoms with E-state index < -0.39 is 16.0 Å². The highest BCUT2D eigenvalue weighted by Crippen LogP contribution is 2.31. The molecule has 4 rings (SSSR count). The second-order valence-corrected chi connectivity index (χ2v) is 8.24. The van der Waals surface area contributed by atoms with Crippen molar-refractivity contribution in [1.82, 2.24) is 4.57 Å². The summed E-state index contributed by atoms with van der Waals surface area (Å²) in [5.41, 5.74) is 2.55. The second-order valence-electron chi connectivity index (χ2n) is 6.59. The Morgan fingerprint density at radius 2 is 1.66 bits per heavy atom. The first kappa shape index (κ1) is 19.0. The average Bonchev–Trinajstić information content (AvgIpc) is 3.06. The average molecular weight is 408 g/mol. The molecule has 0 saturated heterocycles. The van der Waals surface area contributed by atoms with Gasteiger partial charge in [0.25, 0.3) is 10.0 Å². The molecular formula is C22H20N2O4S. The van der Waals surface area contributed by atoms with Crippen LogP contribution in [0.4, 0.5) is 5.69 Å². The third kappa shape index (κ3) is 3.23. The number of methoxy groups -OCH3 is 1. The first-order chi connectivity index (χ1) is 14.0. The maximum atomic E-state index is 13.0. The van der Waals surface area contributed by atoms with Gasteiger partial charge in [-0.1, -0.05) is 30.3 Å². The predicted octanol–water partition coefficient (Wildman–Crippen LogP) is 4.40. The molecule has 1 heterocycles.